The van der Waals surface area contributed by atoms with Crippen molar-refractivity contribution in [2.75, 3.05) is 5.32 Å². The summed E-state index contributed by atoms with van der Waals surface area (Å²) in [6.07, 6.45) is 5.11. The van der Waals surface area contributed by atoms with E-state index in [1.165, 1.54) is 0 Å². The third-order valence-electron chi connectivity index (χ3n) is 4.14. The molecule has 2 aromatic heterocycles. The molecule has 0 spiro atoms. The van der Waals surface area contributed by atoms with Gasteiger partial charge in [-0.2, -0.15) is 0 Å². The van der Waals surface area contributed by atoms with Gasteiger partial charge in [-0.05, 0) is 36.3 Å². The number of nitrogens with zero attached hydrogens (tertiary/aromatic N) is 1. The van der Waals surface area contributed by atoms with Crippen molar-refractivity contribution in [2.24, 2.45) is 5.92 Å². The molecule has 1 aliphatic rings. The molecule has 4 nitrogen and oxygen atoms in total. The van der Waals surface area contributed by atoms with E-state index in [-0.39, 0.29) is 0 Å². The SMILES string of the molecule is CC1CCCC(Nc2nccc3sccc23)(C(=O)O)C1. The predicted octanol–water partition coefficient (Wildman–Crippen LogP) is 3.74. The number of anilines is 1. The highest BCUT2D eigenvalue weighted by Crippen LogP contribution is 2.37. The Labute approximate surface area is 121 Å². The molecular weight excluding hydrogens is 272 g/mol. The van der Waals surface area contributed by atoms with Crippen LogP contribution in [0.2, 0.25) is 0 Å². The van der Waals surface area contributed by atoms with E-state index in [2.05, 4.69) is 17.2 Å². The zero-order chi connectivity index (χ0) is 14.2. The molecule has 2 heterocycles. The number of pyridine rings is 1. The quantitative estimate of drug-likeness (QED) is 0.904. The summed E-state index contributed by atoms with van der Waals surface area (Å²) in [4.78, 5) is 16.2. The Morgan fingerprint density at radius 2 is 2.40 bits per heavy atom. The molecule has 0 radical (unpaired) electrons. The molecule has 3 rings (SSSR count). The Balaban J connectivity index is 1.98. The molecule has 2 aromatic rings. The lowest BCUT2D eigenvalue weighted by atomic mass is 9.76. The van der Waals surface area contributed by atoms with Gasteiger partial charge in [0.2, 0.25) is 0 Å². The number of aromatic nitrogens is 1. The Hall–Kier alpha value is -1.62. The molecule has 106 valence electrons. The third-order valence-corrected chi connectivity index (χ3v) is 5.03. The topological polar surface area (TPSA) is 62.2 Å². The third kappa shape index (κ3) is 2.26. The minimum absolute atomic E-state index is 0.425. The monoisotopic (exact) mass is 290 g/mol. The maximum atomic E-state index is 11.8. The van der Waals surface area contributed by atoms with Gasteiger partial charge in [0.25, 0.3) is 0 Å². The molecule has 1 saturated carbocycles. The lowest BCUT2D eigenvalue weighted by molar-refractivity contribution is -0.144. The van der Waals surface area contributed by atoms with Gasteiger partial charge in [0.05, 0.1) is 0 Å². The average Bonchev–Trinajstić information content (AvgIpc) is 2.88. The Morgan fingerprint density at radius 1 is 1.55 bits per heavy atom. The summed E-state index contributed by atoms with van der Waals surface area (Å²) in [5, 5.41) is 16.0. The van der Waals surface area contributed by atoms with Gasteiger partial charge in [0.15, 0.2) is 0 Å². The van der Waals surface area contributed by atoms with E-state index in [0.717, 1.165) is 22.9 Å². The highest BCUT2D eigenvalue weighted by atomic mass is 32.1. The largest absolute Gasteiger partial charge is 0.480 e. The summed E-state index contributed by atoms with van der Waals surface area (Å²) in [5.74, 6) is 0.354. The zero-order valence-electron chi connectivity index (χ0n) is 11.4. The molecule has 0 aromatic carbocycles. The highest BCUT2D eigenvalue weighted by molar-refractivity contribution is 7.17. The smallest absolute Gasteiger partial charge is 0.329 e. The number of hydrogen-bond donors (Lipinski definition) is 2. The molecule has 0 aliphatic heterocycles. The molecular formula is C15H18N2O2S. The highest BCUT2D eigenvalue weighted by Gasteiger charge is 2.42. The first kappa shape index (κ1) is 13.4. The Kier molecular flexibility index (Phi) is 3.38. The minimum Gasteiger partial charge on any atom is -0.480 e. The molecule has 0 amide bonds. The van der Waals surface area contributed by atoms with Crippen molar-refractivity contribution >= 4 is 33.2 Å². The van der Waals surface area contributed by atoms with E-state index in [0.29, 0.717) is 24.6 Å². The number of carboxylic acid groups (broad SMARTS) is 1. The summed E-state index contributed by atoms with van der Waals surface area (Å²) in [6.45, 7) is 2.12. The number of aliphatic carboxylic acids is 1. The lowest BCUT2D eigenvalue weighted by Crippen LogP contribution is -2.49. The van der Waals surface area contributed by atoms with Gasteiger partial charge in [-0.3, -0.25) is 0 Å². The molecule has 5 heteroatoms. The summed E-state index contributed by atoms with van der Waals surface area (Å²) in [6, 6.07) is 3.96. The van der Waals surface area contributed by atoms with E-state index in [4.69, 9.17) is 0 Å². The van der Waals surface area contributed by atoms with Gasteiger partial charge >= 0.3 is 5.97 Å². The number of rotatable bonds is 3. The number of hydrogen-bond acceptors (Lipinski definition) is 4. The van der Waals surface area contributed by atoms with Crippen LogP contribution in [-0.4, -0.2) is 21.6 Å². The number of thiophene rings is 1. The standard InChI is InChI=1S/C15H18N2O2S/c1-10-3-2-6-15(9-10,14(18)19)17-13-11-5-8-20-12(11)4-7-16-13/h4-5,7-8,10H,2-3,6,9H2,1H3,(H,16,17)(H,18,19). The first-order valence-corrected chi connectivity index (χ1v) is 7.82. The van der Waals surface area contributed by atoms with Crippen molar-refractivity contribution in [1.82, 2.24) is 4.98 Å². The molecule has 1 aliphatic carbocycles. The van der Waals surface area contributed by atoms with Gasteiger partial charge in [-0.15, -0.1) is 11.3 Å². The fourth-order valence-electron chi connectivity index (χ4n) is 3.13. The summed E-state index contributed by atoms with van der Waals surface area (Å²) in [7, 11) is 0. The second kappa shape index (κ2) is 5.05. The molecule has 0 saturated heterocycles. The maximum absolute atomic E-state index is 11.8. The van der Waals surface area contributed by atoms with Crippen LogP contribution in [0.5, 0.6) is 0 Å². The van der Waals surface area contributed by atoms with Crippen molar-refractivity contribution in [1.29, 1.82) is 0 Å². The molecule has 2 unspecified atom stereocenters. The number of carbonyl (C=O) groups is 1. The van der Waals surface area contributed by atoms with E-state index >= 15 is 0 Å². The first-order chi connectivity index (χ1) is 9.61. The van der Waals surface area contributed by atoms with Gasteiger partial charge < -0.3 is 10.4 Å². The predicted molar refractivity (Wildman–Crippen MR) is 81.2 cm³/mol. The maximum Gasteiger partial charge on any atom is 0.329 e. The second-order valence-corrected chi connectivity index (χ2v) is 6.65. The van der Waals surface area contributed by atoms with Gasteiger partial charge in [0, 0.05) is 16.3 Å². The normalized spacial score (nSPS) is 26.6. The van der Waals surface area contributed by atoms with Crippen LogP contribution in [0, 0.1) is 5.92 Å². The second-order valence-electron chi connectivity index (χ2n) is 5.71. The van der Waals surface area contributed by atoms with Crippen LogP contribution in [0.4, 0.5) is 5.82 Å². The minimum atomic E-state index is -0.874. The van der Waals surface area contributed by atoms with Crippen LogP contribution in [-0.2, 0) is 4.79 Å². The van der Waals surface area contributed by atoms with Gasteiger partial charge in [-0.25, -0.2) is 9.78 Å². The van der Waals surface area contributed by atoms with E-state index in [1.54, 1.807) is 17.5 Å². The fourth-order valence-corrected chi connectivity index (χ4v) is 3.92. The Bertz CT molecular complexity index is 640. The van der Waals surface area contributed by atoms with Crippen LogP contribution < -0.4 is 5.32 Å². The van der Waals surface area contributed by atoms with Crippen LogP contribution in [0.15, 0.2) is 23.7 Å². The molecule has 20 heavy (non-hydrogen) atoms. The fraction of sp³-hybridized carbons (Fsp3) is 0.467. The van der Waals surface area contributed by atoms with E-state index in [1.807, 2.05) is 17.5 Å². The van der Waals surface area contributed by atoms with Crippen LogP contribution >= 0.6 is 11.3 Å². The number of nitrogens with one attached hydrogen (secondary N) is 1. The summed E-state index contributed by atoms with van der Waals surface area (Å²) < 4.78 is 1.13. The van der Waals surface area contributed by atoms with Crippen molar-refractivity contribution in [3.63, 3.8) is 0 Å². The number of carboxylic acids is 1. The summed E-state index contributed by atoms with van der Waals surface area (Å²) in [5.41, 5.74) is -0.874. The molecule has 2 atom stereocenters. The van der Waals surface area contributed by atoms with Gasteiger partial charge in [0.1, 0.15) is 11.4 Å². The average molecular weight is 290 g/mol. The molecule has 1 fully saturated rings. The van der Waals surface area contributed by atoms with Crippen LogP contribution in [0.3, 0.4) is 0 Å². The van der Waals surface area contributed by atoms with Crippen LogP contribution in [0.1, 0.15) is 32.6 Å². The van der Waals surface area contributed by atoms with E-state index < -0.39 is 11.5 Å². The van der Waals surface area contributed by atoms with Gasteiger partial charge in [-0.1, -0.05) is 19.8 Å². The first-order valence-electron chi connectivity index (χ1n) is 6.94. The van der Waals surface area contributed by atoms with Crippen molar-refractivity contribution in [3.05, 3.63) is 23.7 Å². The van der Waals surface area contributed by atoms with Crippen molar-refractivity contribution < 1.29 is 9.90 Å². The summed E-state index contributed by atoms with van der Waals surface area (Å²) >= 11 is 1.64. The zero-order valence-corrected chi connectivity index (χ0v) is 12.2. The Morgan fingerprint density at radius 3 is 3.15 bits per heavy atom. The molecule has 2 N–H and O–H groups in total. The van der Waals surface area contributed by atoms with Crippen molar-refractivity contribution in [2.45, 2.75) is 38.1 Å². The van der Waals surface area contributed by atoms with E-state index in [9.17, 15) is 9.90 Å². The lowest BCUT2D eigenvalue weighted by Gasteiger charge is -2.37. The van der Waals surface area contributed by atoms with Crippen molar-refractivity contribution in [3.8, 4) is 0 Å². The molecule has 0 bridgehead atoms. The van der Waals surface area contributed by atoms with Crippen LogP contribution in [0.25, 0.3) is 10.1 Å². The number of fused-ring (bicyclic) bond motifs is 1.